The normalized spacial score (nSPS) is 21.0. The largest absolute Gasteiger partial charge is 0.489 e. The number of ether oxygens (including phenoxy) is 4. The molecule has 2 atom stereocenters. The number of carbonyl (C=O) groups is 2. The van der Waals surface area contributed by atoms with Gasteiger partial charge in [0, 0.05) is 24.2 Å². The molecule has 0 saturated carbocycles. The van der Waals surface area contributed by atoms with Gasteiger partial charge >= 0.3 is 6.09 Å². The summed E-state index contributed by atoms with van der Waals surface area (Å²) in [7, 11) is 0. The molecule has 9 heteroatoms. The van der Waals surface area contributed by atoms with Crippen LogP contribution in [0.25, 0.3) is 0 Å². The summed E-state index contributed by atoms with van der Waals surface area (Å²) in [5.74, 6) is 0.973. The average Bonchev–Trinajstić information content (AvgIpc) is 3.69. The van der Waals surface area contributed by atoms with Crippen LogP contribution in [-0.2, 0) is 27.4 Å². The monoisotopic (exact) mass is 647 g/mol. The Bertz CT molecular complexity index is 1670. The molecule has 4 fully saturated rings. The van der Waals surface area contributed by atoms with Crippen molar-refractivity contribution in [2.45, 2.75) is 44.4 Å². The number of carbonyl (C=O) groups excluding carboxylic acids is 2. The van der Waals surface area contributed by atoms with Crippen molar-refractivity contribution in [2.75, 3.05) is 32.8 Å². The number of alkyl carbamates (subject to hydrolysis) is 1. The van der Waals surface area contributed by atoms with E-state index >= 15 is 0 Å². The quantitative estimate of drug-likeness (QED) is 0.202. The predicted molar refractivity (Wildman–Crippen MR) is 180 cm³/mol. The first-order valence-corrected chi connectivity index (χ1v) is 16.7. The fraction of sp³-hybridized carbons (Fsp3) is 0.333. The number of amides is 2. The molecule has 248 valence electrons. The van der Waals surface area contributed by atoms with Crippen LogP contribution in [0.5, 0.6) is 5.75 Å². The van der Waals surface area contributed by atoms with E-state index in [0.29, 0.717) is 43.6 Å². The molecule has 4 aromatic rings. The lowest BCUT2D eigenvalue weighted by atomic mass is 9.86. The van der Waals surface area contributed by atoms with Crippen molar-refractivity contribution in [3.63, 3.8) is 0 Å². The SMILES string of the molecule is O=C(NC(c1ccccc1)c1cccc(OCc2ccc(C(=O)NCc3ccc(C4OCCO4)cc3)cc2)c1)OC1CN2CCC1CC2. The van der Waals surface area contributed by atoms with E-state index in [4.69, 9.17) is 18.9 Å². The van der Waals surface area contributed by atoms with Gasteiger partial charge in [-0.15, -0.1) is 0 Å². The summed E-state index contributed by atoms with van der Waals surface area (Å²) in [6, 6.07) is 32.5. The van der Waals surface area contributed by atoms with Crippen molar-refractivity contribution in [2.24, 2.45) is 5.92 Å². The van der Waals surface area contributed by atoms with Crippen LogP contribution in [0.1, 0.15) is 63.3 Å². The molecule has 9 nitrogen and oxygen atoms in total. The Kier molecular flexibility index (Phi) is 9.98. The molecule has 2 N–H and O–H groups in total. The van der Waals surface area contributed by atoms with Crippen molar-refractivity contribution >= 4 is 12.0 Å². The zero-order valence-electron chi connectivity index (χ0n) is 26.9. The maximum atomic E-state index is 13.2. The first-order chi connectivity index (χ1) is 23.6. The zero-order valence-corrected chi connectivity index (χ0v) is 26.9. The average molecular weight is 648 g/mol. The molecular weight excluding hydrogens is 606 g/mol. The Morgan fingerprint density at radius 1 is 0.812 bits per heavy atom. The standard InChI is InChI=1S/C39H41N3O6/c43-37(40-24-27-9-15-32(16-10-27)38-45-21-22-46-38)31-13-11-28(12-14-31)26-47-34-8-4-7-33(23-34)36(30-5-2-1-3-6-30)41-39(44)48-35-25-42-19-17-29(35)18-20-42/h1-16,23,29,35-36,38H,17-22,24-26H2,(H,40,43)(H,41,44). The lowest BCUT2D eigenvalue weighted by molar-refractivity contribution is -0.0441. The molecule has 2 amide bonds. The summed E-state index contributed by atoms with van der Waals surface area (Å²) < 4.78 is 23.2. The predicted octanol–water partition coefficient (Wildman–Crippen LogP) is 6.15. The Balaban J connectivity index is 0.937. The number of benzene rings is 4. The molecule has 4 saturated heterocycles. The summed E-state index contributed by atoms with van der Waals surface area (Å²) in [4.78, 5) is 28.3. The number of fused-ring (bicyclic) bond motifs is 3. The second kappa shape index (κ2) is 15.0. The second-order valence-corrected chi connectivity index (χ2v) is 12.6. The van der Waals surface area contributed by atoms with Crippen molar-refractivity contribution < 1.29 is 28.5 Å². The van der Waals surface area contributed by atoms with Gasteiger partial charge in [-0.25, -0.2) is 4.79 Å². The van der Waals surface area contributed by atoms with Gasteiger partial charge in [-0.3, -0.25) is 9.69 Å². The Morgan fingerprint density at radius 3 is 2.23 bits per heavy atom. The fourth-order valence-electron chi connectivity index (χ4n) is 6.67. The molecule has 48 heavy (non-hydrogen) atoms. The third-order valence-corrected chi connectivity index (χ3v) is 9.39. The van der Waals surface area contributed by atoms with E-state index in [1.54, 1.807) is 12.1 Å². The summed E-state index contributed by atoms with van der Waals surface area (Å²) in [6.07, 6.45) is 1.39. The smallest absolute Gasteiger partial charge is 0.408 e. The van der Waals surface area contributed by atoms with Crippen LogP contribution in [0.4, 0.5) is 4.79 Å². The first kappa shape index (κ1) is 31.9. The molecule has 0 spiro atoms. The molecule has 0 aliphatic carbocycles. The summed E-state index contributed by atoms with van der Waals surface area (Å²) >= 11 is 0. The minimum Gasteiger partial charge on any atom is -0.489 e. The fourth-order valence-corrected chi connectivity index (χ4v) is 6.67. The van der Waals surface area contributed by atoms with E-state index in [1.165, 1.54) is 0 Å². The van der Waals surface area contributed by atoms with Crippen LogP contribution >= 0.6 is 0 Å². The Morgan fingerprint density at radius 2 is 1.52 bits per heavy atom. The molecule has 2 unspecified atom stereocenters. The number of nitrogens with zero attached hydrogens (tertiary/aromatic N) is 1. The van der Waals surface area contributed by atoms with Crippen molar-refractivity contribution in [1.82, 2.24) is 15.5 Å². The maximum Gasteiger partial charge on any atom is 0.408 e. The number of hydrogen-bond acceptors (Lipinski definition) is 7. The lowest BCUT2D eigenvalue weighted by Gasteiger charge is -2.43. The second-order valence-electron chi connectivity index (χ2n) is 12.6. The molecule has 4 aliphatic heterocycles. The van der Waals surface area contributed by atoms with Gasteiger partial charge in [0.15, 0.2) is 6.29 Å². The van der Waals surface area contributed by atoms with Gasteiger partial charge in [0.25, 0.3) is 5.91 Å². The van der Waals surface area contributed by atoms with E-state index in [2.05, 4.69) is 15.5 Å². The first-order valence-electron chi connectivity index (χ1n) is 16.7. The summed E-state index contributed by atoms with van der Waals surface area (Å²) in [6.45, 7) is 4.95. The van der Waals surface area contributed by atoms with Gasteiger partial charge in [0.05, 0.1) is 19.3 Å². The van der Waals surface area contributed by atoms with Gasteiger partial charge in [0.1, 0.15) is 18.5 Å². The van der Waals surface area contributed by atoms with Gasteiger partial charge in [-0.1, -0.05) is 78.9 Å². The molecular formula is C39H41N3O6. The van der Waals surface area contributed by atoms with E-state index in [1.807, 2.05) is 91.0 Å². The van der Waals surface area contributed by atoms with Gasteiger partial charge in [-0.05, 0) is 78.4 Å². The molecule has 4 aromatic carbocycles. The third kappa shape index (κ3) is 7.87. The lowest BCUT2D eigenvalue weighted by Crippen LogP contribution is -2.52. The molecule has 4 aliphatic rings. The van der Waals surface area contributed by atoms with Crippen LogP contribution < -0.4 is 15.4 Å². The van der Waals surface area contributed by atoms with E-state index < -0.39 is 12.1 Å². The van der Waals surface area contributed by atoms with Gasteiger partial charge in [-0.2, -0.15) is 0 Å². The number of rotatable bonds is 11. The topological polar surface area (TPSA) is 98.4 Å². The molecule has 2 bridgehead atoms. The van der Waals surface area contributed by atoms with Crippen LogP contribution in [0, 0.1) is 5.92 Å². The van der Waals surface area contributed by atoms with Crippen molar-refractivity contribution in [1.29, 1.82) is 0 Å². The highest BCUT2D eigenvalue weighted by atomic mass is 16.7. The zero-order chi connectivity index (χ0) is 32.7. The highest BCUT2D eigenvalue weighted by molar-refractivity contribution is 5.94. The Hall–Kier alpha value is -4.70. The number of hydrogen-bond donors (Lipinski definition) is 2. The molecule has 0 aromatic heterocycles. The van der Waals surface area contributed by atoms with Crippen molar-refractivity contribution in [3.8, 4) is 5.75 Å². The van der Waals surface area contributed by atoms with Crippen LogP contribution in [0.2, 0.25) is 0 Å². The minimum atomic E-state index is -0.402. The van der Waals surface area contributed by atoms with Gasteiger partial charge in [0.2, 0.25) is 0 Å². The number of nitrogens with one attached hydrogen (secondary N) is 2. The molecule has 8 rings (SSSR count). The van der Waals surface area contributed by atoms with E-state index in [-0.39, 0.29) is 18.3 Å². The highest BCUT2D eigenvalue weighted by Crippen LogP contribution is 2.31. The van der Waals surface area contributed by atoms with Crippen molar-refractivity contribution in [3.05, 3.63) is 137 Å². The van der Waals surface area contributed by atoms with E-state index in [9.17, 15) is 9.59 Å². The maximum absolute atomic E-state index is 13.2. The van der Waals surface area contributed by atoms with Crippen LogP contribution in [-0.4, -0.2) is 55.9 Å². The summed E-state index contributed by atoms with van der Waals surface area (Å²) in [5.41, 5.74) is 5.33. The van der Waals surface area contributed by atoms with Crippen LogP contribution in [0.15, 0.2) is 103 Å². The molecule has 4 heterocycles. The molecule has 0 radical (unpaired) electrons. The van der Waals surface area contributed by atoms with Crippen LogP contribution in [0.3, 0.4) is 0 Å². The van der Waals surface area contributed by atoms with Gasteiger partial charge < -0.3 is 29.6 Å². The minimum absolute atomic E-state index is 0.0683. The summed E-state index contributed by atoms with van der Waals surface area (Å²) in [5, 5.41) is 6.11. The Labute approximate surface area is 281 Å². The van der Waals surface area contributed by atoms with E-state index in [0.717, 1.165) is 60.3 Å². The third-order valence-electron chi connectivity index (χ3n) is 9.39. The highest BCUT2D eigenvalue weighted by Gasteiger charge is 2.37. The number of piperidine rings is 3.